The second kappa shape index (κ2) is 12.0. The standard InChI is InChI=1S/C14H31N/c1-4-6-8-9-10-12-14(3)15-13-11-7-5-2/h14-15H,4-13H2,1-3H3. The van der Waals surface area contributed by atoms with Crippen LogP contribution in [0, 0.1) is 0 Å². The Morgan fingerprint density at radius 2 is 1.40 bits per heavy atom. The van der Waals surface area contributed by atoms with Gasteiger partial charge in [0, 0.05) is 6.04 Å². The summed E-state index contributed by atoms with van der Waals surface area (Å²) in [6, 6.07) is 0.725. The van der Waals surface area contributed by atoms with Crippen molar-refractivity contribution in [3.63, 3.8) is 0 Å². The number of unbranched alkanes of at least 4 members (excludes halogenated alkanes) is 6. The quantitative estimate of drug-likeness (QED) is 0.498. The number of rotatable bonds is 11. The predicted molar refractivity (Wildman–Crippen MR) is 70.4 cm³/mol. The lowest BCUT2D eigenvalue weighted by Crippen LogP contribution is -2.26. The van der Waals surface area contributed by atoms with Crippen molar-refractivity contribution in [3.8, 4) is 0 Å². The first-order valence-electron chi connectivity index (χ1n) is 7.04. The van der Waals surface area contributed by atoms with E-state index in [1.165, 1.54) is 64.3 Å². The second-order valence-corrected chi connectivity index (χ2v) is 4.77. The molecule has 0 fully saturated rings. The number of nitrogens with one attached hydrogen (secondary N) is 1. The molecule has 1 heteroatoms. The van der Waals surface area contributed by atoms with E-state index in [2.05, 4.69) is 26.1 Å². The monoisotopic (exact) mass is 213 g/mol. The summed E-state index contributed by atoms with van der Waals surface area (Å²) in [6.45, 7) is 8.07. The molecule has 0 aliphatic rings. The van der Waals surface area contributed by atoms with Crippen LogP contribution < -0.4 is 5.32 Å². The van der Waals surface area contributed by atoms with Crippen LogP contribution >= 0.6 is 0 Å². The average molecular weight is 213 g/mol. The predicted octanol–water partition coefficient (Wildman–Crippen LogP) is 4.52. The third-order valence-corrected chi connectivity index (χ3v) is 3.01. The van der Waals surface area contributed by atoms with E-state index in [1.54, 1.807) is 0 Å². The summed E-state index contributed by atoms with van der Waals surface area (Å²) in [4.78, 5) is 0. The van der Waals surface area contributed by atoms with Gasteiger partial charge in [0.1, 0.15) is 0 Å². The second-order valence-electron chi connectivity index (χ2n) is 4.77. The van der Waals surface area contributed by atoms with E-state index in [9.17, 15) is 0 Å². The Morgan fingerprint density at radius 3 is 2.07 bits per heavy atom. The first-order chi connectivity index (χ1) is 7.31. The van der Waals surface area contributed by atoms with Crippen molar-refractivity contribution >= 4 is 0 Å². The molecule has 0 aromatic rings. The highest BCUT2D eigenvalue weighted by Gasteiger charge is 1.99. The van der Waals surface area contributed by atoms with E-state index in [-0.39, 0.29) is 0 Å². The van der Waals surface area contributed by atoms with Gasteiger partial charge in [-0.05, 0) is 26.3 Å². The zero-order valence-corrected chi connectivity index (χ0v) is 11.1. The summed E-state index contributed by atoms with van der Waals surface area (Å²) >= 11 is 0. The van der Waals surface area contributed by atoms with Crippen LogP contribution in [-0.2, 0) is 0 Å². The number of hydrogen-bond acceptors (Lipinski definition) is 1. The number of hydrogen-bond donors (Lipinski definition) is 1. The normalized spacial score (nSPS) is 13.0. The molecule has 1 atom stereocenters. The van der Waals surface area contributed by atoms with Gasteiger partial charge >= 0.3 is 0 Å². The van der Waals surface area contributed by atoms with E-state index in [4.69, 9.17) is 0 Å². The molecule has 0 amide bonds. The molecule has 1 nitrogen and oxygen atoms in total. The Hall–Kier alpha value is -0.0400. The summed E-state index contributed by atoms with van der Waals surface area (Å²) in [7, 11) is 0. The minimum atomic E-state index is 0.725. The smallest absolute Gasteiger partial charge is 0.00387 e. The molecule has 0 radical (unpaired) electrons. The fourth-order valence-electron chi connectivity index (χ4n) is 1.88. The van der Waals surface area contributed by atoms with E-state index >= 15 is 0 Å². The van der Waals surface area contributed by atoms with Crippen LogP contribution in [0.3, 0.4) is 0 Å². The Balaban J connectivity index is 3.08. The third-order valence-electron chi connectivity index (χ3n) is 3.01. The SMILES string of the molecule is CCCCCCCC(C)NCCCCC. The van der Waals surface area contributed by atoms with Gasteiger partial charge in [0.25, 0.3) is 0 Å². The van der Waals surface area contributed by atoms with Gasteiger partial charge in [-0.15, -0.1) is 0 Å². The third kappa shape index (κ3) is 11.9. The maximum absolute atomic E-state index is 3.61. The summed E-state index contributed by atoms with van der Waals surface area (Å²) < 4.78 is 0. The zero-order valence-electron chi connectivity index (χ0n) is 11.1. The molecule has 1 unspecified atom stereocenters. The molecular formula is C14H31N. The van der Waals surface area contributed by atoms with Crippen molar-refractivity contribution in [2.24, 2.45) is 0 Å². The molecule has 0 bridgehead atoms. The maximum Gasteiger partial charge on any atom is 0.00387 e. The van der Waals surface area contributed by atoms with Crippen LogP contribution in [0.25, 0.3) is 0 Å². The molecule has 0 aromatic carbocycles. The first-order valence-corrected chi connectivity index (χ1v) is 7.04. The summed E-state index contributed by atoms with van der Waals surface area (Å²) in [6.07, 6.45) is 12.4. The molecule has 0 spiro atoms. The molecule has 0 saturated carbocycles. The van der Waals surface area contributed by atoms with E-state index < -0.39 is 0 Å². The van der Waals surface area contributed by atoms with Crippen LogP contribution in [0.5, 0.6) is 0 Å². The van der Waals surface area contributed by atoms with Gasteiger partial charge in [-0.2, -0.15) is 0 Å². The van der Waals surface area contributed by atoms with Crippen molar-refractivity contribution in [2.45, 2.75) is 84.6 Å². The van der Waals surface area contributed by atoms with Gasteiger partial charge in [0.05, 0.1) is 0 Å². The summed E-state index contributed by atoms with van der Waals surface area (Å²) in [5, 5.41) is 3.61. The van der Waals surface area contributed by atoms with Gasteiger partial charge in [-0.25, -0.2) is 0 Å². The Labute approximate surface area is 97.0 Å². The molecule has 1 N–H and O–H groups in total. The lowest BCUT2D eigenvalue weighted by atomic mass is 10.1. The summed E-state index contributed by atoms with van der Waals surface area (Å²) in [5.41, 5.74) is 0. The molecule has 0 rings (SSSR count). The Morgan fingerprint density at radius 1 is 0.800 bits per heavy atom. The molecule has 15 heavy (non-hydrogen) atoms. The maximum atomic E-state index is 3.61. The first kappa shape index (κ1) is 15.0. The topological polar surface area (TPSA) is 12.0 Å². The van der Waals surface area contributed by atoms with Crippen molar-refractivity contribution < 1.29 is 0 Å². The van der Waals surface area contributed by atoms with Gasteiger partial charge in [-0.3, -0.25) is 0 Å². The van der Waals surface area contributed by atoms with Gasteiger partial charge in [0.15, 0.2) is 0 Å². The fourth-order valence-corrected chi connectivity index (χ4v) is 1.88. The lowest BCUT2D eigenvalue weighted by Gasteiger charge is -2.13. The van der Waals surface area contributed by atoms with Gasteiger partial charge in [-0.1, -0.05) is 58.8 Å². The van der Waals surface area contributed by atoms with E-state index in [1.807, 2.05) is 0 Å². The molecule has 0 heterocycles. The molecule has 0 aliphatic heterocycles. The highest BCUT2D eigenvalue weighted by atomic mass is 14.9. The van der Waals surface area contributed by atoms with Crippen molar-refractivity contribution in [3.05, 3.63) is 0 Å². The van der Waals surface area contributed by atoms with Crippen LogP contribution in [0.15, 0.2) is 0 Å². The Kier molecular flexibility index (Phi) is 12.0. The van der Waals surface area contributed by atoms with Crippen molar-refractivity contribution in [2.75, 3.05) is 6.54 Å². The highest BCUT2D eigenvalue weighted by Crippen LogP contribution is 2.07. The minimum absolute atomic E-state index is 0.725. The van der Waals surface area contributed by atoms with Crippen LogP contribution in [0.2, 0.25) is 0 Å². The molecular weight excluding hydrogens is 182 g/mol. The zero-order chi connectivity index (χ0) is 11.4. The molecule has 0 aromatic heterocycles. The molecule has 0 saturated heterocycles. The molecule has 0 aliphatic carbocycles. The average Bonchev–Trinajstić information content (AvgIpc) is 2.24. The van der Waals surface area contributed by atoms with Gasteiger partial charge < -0.3 is 5.32 Å². The van der Waals surface area contributed by atoms with Crippen LogP contribution in [0.1, 0.15) is 78.6 Å². The minimum Gasteiger partial charge on any atom is -0.314 e. The van der Waals surface area contributed by atoms with E-state index in [0.717, 1.165) is 6.04 Å². The largest absolute Gasteiger partial charge is 0.314 e. The van der Waals surface area contributed by atoms with Crippen molar-refractivity contribution in [1.29, 1.82) is 0 Å². The highest BCUT2D eigenvalue weighted by molar-refractivity contribution is 4.60. The van der Waals surface area contributed by atoms with Gasteiger partial charge in [0.2, 0.25) is 0 Å². The van der Waals surface area contributed by atoms with Crippen LogP contribution in [0.4, 0.5) is 0 Å². The molecule has 92 valence electrons. The lowest BCUT2D eigenvalue weighted by molar-refractivity contribution is 0.471. The van der Waals surface area contributed by atoms with Crippen molar-refractivity contribution in [1.82, 2.24) is 5.32 Å². The summed E-state index contributed by atoms with van der Waals surface area (Å²) in [5.74, 6) is 0. The Bertz CT molecular complexity index is 112. The van der Waals surface area contributed by atoms with Crippen LogP contribution in [-0.4, -0.2) is 12.6 Å². The fraction of sp³-hybridized carbons (Fsp3) is 1.00. The van der Waals surface area contributed by atoms with E-state index in [0.29, 0.717) is 0 Å².